The third kappa shape index (κ3) is 1.28. The maximum atomic E-state index is 10.6. The number of nitrogens with zero attached hydrogens (tertiary/aromatic N) is 2. The van der Waals surface area contributed by atoms with E-state index in [1.54, 1.807) is 0 Å². The molecule has 3 nitrogen and oxygen atoms in total. The van der Waals surface area contributed by atoms with Crippen LogP contribution in [-0.2, 0) is 4.79 Å². The molecule has 1 amide bonds. The van der Waals surface area contributed by atoms with E-state index < -0.39 is 0 Å². The van der Waals surface area contributed by atoms with Crippen LogP contribution in [0.3, 0.4) is 0 Å². The van der Waals surface area contributed by atoms with Gasteiger partial charge >= 0.3 is 0 Å². The van der Waals surface area contributed by atoms with E-state index in [4.69, 9.17) is 0 Å². The van der Waals surface area contributed by atoms with E-state index in [9.17, 15) is 4.79 Å². The summed E-state index contributed by atoms with van der Waals surface area (Å²) in [5.74, 6) is 0.0341. The zero-order valence-electron chi connectivity index (χ0n) is 5.72. The second-order valence-electron chi connectivity index (χ2n) is 2.23. The Bertz CT molecular complexity index is 162. The Labute approximate surface area is 54.3 Å². The monoisotopic (exact) mass is 126 g/mol. The predicted octanol–water partition coefficient (Wildman–Crippen LogP) is 0.615. The van der Waals surface area contributed by atoms with Crippen molar-refractivity contribution in [1.82, 2.24) is 5.01 Å². The quantitative estimate of drug-likeness (QED) is 0.468. The molecule has 0 aromatic rings. The Kier molecular flexibility index (Phi) is 1.51. The van der Waals surface area contributed by atoms with Gasteiger partial charge in [0.05, 0.1) is 0 Å². The van der Waals surface area contributed by atoms with Gasteiger partial charge in [0.2, 0.25) is 5.91 Å². The molecule has 0 aliphatic carbocycles. The Morgan fingerprint density at radius 2 is 2.44 bits per heavy atom. The Morgan fingerprint density at radius 1 is 1.78 bits per heavy atom. The minimum atomic E-state index is 0.0341. The first-order valence-electron chi connectivity index (χ1n) is 3.02. The minimum absolute atomic E-state index is 0.0341. The van der Waals surface area contributed by atoms with Crippen molar-refractivity contribution in [3.05, 3.63) is 0 Å². The van der Waals surface area contributed by atoms with Crippen LogP contribution in [0, 0.1) is 0 Å². The molecule has 0 saturated carbocycles. The molecule has 0 aromatic heterocycles. The second kappa shape index (κ2) is 2.17. The SMILES string of the molecule is CC(=O)N1CCC(C)=N1. The molecule has 0 fully saturated rings. The topological polar surface area (TPSA) is 32.7 Å². The summed E-state index contributed by atoms with van der Waals surface area (Å²) in [6, 6.07) is 0. The normalized spacial score (nSPS) is 18.0. The lowest BCUT2D eigenvalue weighted by atomic mass is 10.3. The van der Waals surface area contributed by atoms with Crippen molar-refractivity contribution in [3.63, 3.8) is 0 Å². The zero-order chi connectivity index (χ0) is 6.85. The first-order chi connectivity index (χ1) is 4.20. The summed E-state index contributed by atoms with van der Waals surface area (Å²) < 4.78 is 0. The minimum Gasteiger partial charge on any atom is -0.273 e. The fraction of sp³-hybridized carbons (Fsp3) is 0.667. The first kappa shape index (κ1) is 6.26. The van der Waals surface area contributed by atoms with Crippen LogP contribution in [0.15, 0.2) is 5.10 Å². The van der Waals surface area contributed by atoms with Crippen LogP contribution in [0.1, 0.15) is 20.3 Å². The highest BCUT2D eigenvalue weighted by Crippen LogP contribution is 2.04. The summed E-state index contributed by atoms with van der Waals surface area (Å²) in [7, 11) is 0. The molecule has 1 rings (SSSR count). The summed E-state index contributed by atoms with van der Waals surface area (Å²) in [5.41, 5.74) is 1.05. The van der Waals surface area contributed by atoms with Gasteiger partial charge < -0.3 is 0 Å². The van der Waals surface area contributed by atoms with Crippen LogP contribution in [0.5, 0.6) is 0 Å². The number of amides is 1. The van der Waals surface area contributed by atoms with Crippen molar-refractivity contribution in [3.8, 4) is 0 Å². The number of hydrogen-bond acceptors (Lipinski definition) is 2. The molecule has 0 aromatic carbocycles. The van der Waals surface area contributed by atoms with Crippen molar-refractivity contribution in [2.45, 2.75) is 20.3 Å². The molecule has 0 radical (unpaired) electrons. The molecule has 50 valence electrons. The Balaban J connectivity index is 2.57. The second-order valence-corrected chi connectivity index (χ2v) is 2.23. The van der Waals surface area contributed by atoms with Crippen molar-refractivity contribution < 1.29 is 4.79 Å². The maximum absolute atomic E-state index is 10.6. The number of hydrogen-bond donors (Lipinski definition) is 0. The van der Waals surface area contributed by atoms with Crippen LogP contribution in [0.2, 0.25) is 0 Å². The third-order valence-electron chi connectivity index (χ3n) is 1.34. The molecule has 0 N–H and O–H groups in total. The standard InChI is InChI=1S/C6H10N2O/c1-5-3-4-8(7-5)6(2)9/h3-4H2,1-2H3. The summed E-state index contributed by atoms with van der Waals surface area (Å²) in [5, 5.41) is 5.48. The van der Waals surface area contributed by atoms with Gasteiger partial charge in [-0.3, -0.25) is 4.79 Å². The van der Waals surface area contributed by atoms with E-state index in [0.717, 1.165) is 18.7 Å². The van der Waals surface area contributed by atoms with E-state index in [2.05, 4.69) is 5.10 Å². The lowest BCUT2D eigenvalue weighted by Gasteiger charge is -2.05. The molecule has 0 saturated heterocycles. The Morgan fingerprint density at radius 3 is 2.67 bits per heavy atom. The van der Waals surface area contributed by atoms with Gasteiger partial charge in [-0.05, 0) is 6.92 Å². The highest BCUT2D eigenvalue weighted by Gasteiger charge is 2.13. The summed E-state index contributed by atoms with van der Waals surface area (Å²) in [4.78, 5) is 10.6. The Hall–Kier alpha value is -0.860. The average Bonchev–Trinajstić information content (AvgIpc) is 2.14. The van der Waals surface area contributed by atoms with Crippen LogP contribution in [0.25, 0.3) is 0 Å². The van der Waals surface area contributed by atoms with Crippen molar-refractivity contribution >= 4 is 11.6 Å². The summed E-state index contributed by atoms with van der Waals surface area (Å²) in [6.07, 6.45) is 0.930. The van der Waals surface area contributed by atoms with Gasteiger partial charge in [0.1, 0.15) is 0 Å². The zero-order valence-corrected chi connectivity index (χ0v) is 5.72. The van der Waals surface area contributed by atoms with E-state index in [1.807, 2.05) is 6.92 Å². The van der Waals surface area contributed by atoms with Crippen molar-refractivity contribution in [2.75, 3.05) is 6.54 Å². The number of carbonyl (C=O) groups is 1. The van der Waals surface area contributed by atoms with Crippen molar-refractivity contribution in [2.24, 2.45) is 5.10 Å². The fourth-order valence-corrected chi connectivity index (χ4v) is 0.802. The molecular weight excluding hydrogens is 116 g/mol. The van der Waals surface area contributed by atoms with Crippen LogP contribution >= 0.6 is 0 Å². The van der Waals surface area contributed by atoms with Crippen LogP contribution in [0.4, 0.5) is 0 Å². The van der Waals surface area contributed by atoms with Gasteiger partial charge in [0.25, 0.3) is 0 Å². The van der Waals surface area contributed by atoms with E-state index >= 15 is 0 Å². The predicted molar refractivity (Wildman–Crippen MR) is 35.1 cm³/mol. The molecule has 0 bridgehead atoms. The molecule has 1 aliphatic rings. The largest absolute Gasteiger partial charge is 0.273 e. The van der Waals surface area contributed by atoms with Crippen LogP contribution < -0.4 is 0 Å². The molecule has 3 heteroatoms. The van der Waals surface area contributed by atoms with Gasteiger partial charge in [-0.1, -0.05) is 0 Å². The maximum Gasteiger partial charge on any atom is 0.239 e. The number of rotatable bonds is 0. The lowest BCUT2D eigenvalue weighted by molar-refractivity contribution is -0.128. The van der Waals surface area contributed by atoms with Gasteiger partial charge in [0.15, 0.2) is 0 Å². The molecule has 1 aliphatic heterocycles. The van der Waals surface area contributed by atoms with Gasteiger partial charge in [0, 0.05) is 25.6 Å². The summed E-state index contributed by atoms with van der Waals surface area (Å²) >= 11 is 0. The van der Waals surface area contributed by atoms with E-state index in [0.29, 0.717) is 0 Å². The van der Waals surface area contributed by atoms with Crippen molar-refractivity contribution in [1.29, 1.82) is 0 Å². The molecule has 0 spiro atoms. The first-order valence-corrected chi connectivity index (χ1v) is 3.02. The lowest BCUT2D eigenvalue weighted by Crippen LogP contribution is -2.19. The highest BCUT2D eigenvalue weighted by atomic mass is 16.2. The van der Waals surface area contributed by atoms with Gasteiger partial charge in [-0.2, -0.15) is 5.10 Å². The molecule has 1 heterocycles. The number of carbonyl (C=O) groups excluding carboxylic acids is 1. The summed E-state index contributed by atoms with van der Waals surface area (Å²) in [6.45, 7) is 4.23. The van der Waals surface area contributed by atoms with E-state index in [-0.39, 0.29) is 5.91 Å². The molecule has 0 unspecified atom stereocenters. The third-order valence-corrected chi connectivity index (χ3v) is 1.34. The number of hydrazone groups is 1. The smallest absolute Gasteiger partial charge is 0.239 e. The van der Waals surface area contributed by atoms with E-state index in [1.165, 1.54) is 11.9 Å². The average molecular weight is 126 g/mol. The van der Waals surface area contributed by atoms with Gasteiger partial charge in [-0.15, -0.1) is 0 Å². The molecular formula is C6H10N2O. The fourth-order valence-electron chi connectivity index (χ4n) is 0.802. The van der Waals surface area contributed by atoms with Gasteiger partial charge in [-0.25, -0.2) is 5.01 Å². The molecule has 9 heavy (non-hydrogen) atoms. The highest BCUT2D eigenvalue weighted by molar-refractivity contribution is 5.86. The molecule has 0 atom stereocenters. The van der Waals surface area contributed by atoms with Crippen LogP contribution in [-0.4, -0.2) is 23.2 Å².